The van der Waals surface area contributed by atoms with Crippen molar-refractivity contribution in [1.29, 1.82) is 0 Å². The Bertz CT molecular complexity index is 718. The summed E-state index contributed by atoms with van der Waals surface area (Å²) in [7, 11) is 3.58. The molecule has 1 aromatic carbocycles. The van der Waals surface area contributed by atoms with Gasteiger partial charge in [-0.05, 0) is 53.0 Å². The van der Waals surface area contributed by atoms with Gasteiger partial charge in [-0.15, -0.1) is 11.3 Å². The first-order valence-corrected chi connectivity index (χ1v) is 9.74. The monoisotopic (exact) mass is 425 g/mol. The number of nitrogens with one attached hydrogen (secondary N) is 1. The highest BCUT2D eigenvalue weighted by molar-refractivity contribution is 9.11. The smallest absolute Gasteiger partial charge is 0.193 e. The molecule has 7 heteroatoms. The van der Waals surface area contributed by atoms with Gasteiger partial charge in [0.05, 0.1) is 17.4 Å². The lowest BCUT2D eigenvalue weighted by molar-refractivity contribution is 0.370. The van der Waals surface area contributed by atoms with E-state index in [1.165, 1.54) is 4.88 Å². The molecule has 0 amide bonds. The van der Waals surface area contributed by atoms with Crippen molar-refractivity contribution in [3.05, 3.63) is 44.6 Å². The van der Waals surface area contributed by atoms with Crippen LogP contribution in [0.3, 0.4) is 0 Å². The van der Waals surface area contributed by atoms with Crippen LogP contribution in [0.15, 0.2) is 39.1 Å². The number of nitrogens with zero attached hydrogens (tertiary/aromatic N) is 2. The van der Waals surface area contributed by atoms with Crippen molar-refractivity contribution in [2.45, 2.75) is 19.9 Å². The van der Waals surface area contributed by atoms with E-state index in [-0.39, 0.29) is 5.75 Å². The van der Waals surface area contributed by atoms with Gasteiger partial charge in [-0.3, -0.25) is 4.99 Å². The lowest BCUT2D eigenvalue weighted by Crippen LogP contribution is -2.38. The first kappa shape index (κ1) is 19.6. The van der Waals surface area contributed by atoms with Crippen molar-refractivity contribution in [2.24, 2.45) is 4.99 Å². The van der Waals surface area contributed by atoms with E-state index in [1.807, 2.05) is 19.2 Å². The summed E-state index contributed by atoms with van der Waals surface area (Å²) >= 11 is 5.22. The molecule has 0 aliphatic carbocycles. The molecule has 2 N–H and O–H groups in total. The summed E-state index contributed by atoms with van der Waals surface area (Å²) in [5.74, 6) is 1.55. The highest BCUT2D eigenvalue weighted by atomic mass is 79.9. The highest BCUT2D eigenvalue weighted by Crippen LogP contribution is 2.29. The van der Waals surface area contributed by atoms with Gasteiger partial charge in [0.1, 0.15) is 0 Å². The van der Waals surface area contributed by atoms with Crippen LogP contribution in [0.5, 0.6) is 11.5 Å². The molecule has 5 nitrogen and oxygen atoms in total. The molecule has 0 radical (unpaired) electrons. The van der Waals surface area contributed by atoms with Crippen LogP contribution < -0.4 is 10.1 Å². The number of rotatable bonds is 7. The van der Waals surface area contributed by atoms with Crippen LogP contribution in [0, 0.1) is 0 Å². The molecule has 1 heterocycles. The molecule has 0 bridgehead atoms. The number of guanidine groups is 1. The molecule has 25 heavy (non-hydrogen) atoms. The average molecular weight is 426 g/mol. The van der Waals surface area contributed by atoms with Crippen molar-refractivity contribution >= 4 is 33.2 Å². The maximum atomic E-state index is 10.2. The molecule has 0 saturated carbocycles. The third-order valence-electron chi connectivity index (χ3n) is 3.66. The molecule has 2 aromatic rings. The van der Waals surface area contributed by atoms with Gasteiger partial charge in [0.25, 0.3) is 0 Å². The van der Waals surface area contributed by atoms with Gasteiger partial charge in [0.15, 0.2) is 17.5 Å². The topological polar surface area (TPSA) is 57.1 Å². The van der Waals surface area contributed by atoms with Crippen molar-refractivity contribution in [1.82, 2.24) is 10.2 Å². The molecule has 0 fully saturated rings. The van der Waals surface area contributed by atoms with Crippen molar-refractivity contribution < 1.29 is 9.84 Å². The van der Waals surface area contributed by atoms with Gasteiger partial charge in [0.2, 0.25) is 0 Å². The third-order valence-corrected chi connectivity index (χ3v) is 5.27. The van der Waals surface area contributed by atoms with Crippen LogP contribution in [0.4, 0.5) is 0 Å². The Morgan fingerprint density at radius 3 is 2.80 bits per heavy atom. The predicted molar refractivity (Wildman–Crippen MR) is 108 cm³/mol. The molecule has 0 spiro atoms. The fourth-order valence-electron chi connectivity index (χ4n) is 2.43. The zero-order valence-corrected chi connectivity index (χ0v) is 17.2. The number of hydrogen-bond donors (Lipinski definition) is 2. The summed E-state index contributed by atoms with van der Waals surface area (Å²) in [5, 5.41) is 13.5. The number of aliphatic imine (C=N–C) groups is 1. The van der Waals surface area contributed by atoms with E-state index in [2.05, 4.69) is 50.2 Å². The number of halogens is 1. The maximum absolute atomic E-state index is 10.2. The van der Waals surface area contributed by atoms with Gasteiger partial charge in [0, 0.05) is 25.0 Å². The molecule has 0 aliphatic rings. The number of methoxy groups -OCH3 is 1. The number of aromatic hydroxyl groups is 1. The molecule has 0 atom stereocenters. The van der Waals surface area contributed by atoms with Crippen LogP contribution in [0.25, 0.3) is 0 Å². The summed E-state index contributed by atoms with van der Waals surface area (Å²) in [6, 6.07) is 9.70. The fourth-order valence-corrected chi connectivity index (χ4v) is 3.97. The Morgan fingerprint density at radius 2 is 2.16 bits per heavy atom. The standard InChI is InChI=1S/C18H24BrN3O2S/c1-4-20-18(22(2)12-14-8-9-16(19)25-14)21-11-10-13-6-5-7-15(24-3)17(13)23/h5-9,23H,4,10-12H2,1-3H3,(H,20,21). The van der Waals surface area contributed by atoms with Gasteiger partial charge in [-0.25, -0.2) is 0 Å². The summed E-state index contributed by atoms with van der Waals surface area (Å²) in [6.07, 6.45) is 0.649. The Labute approximate surface area is 161 Å². The van der Waals surface area contributed by atoms with Crippen LogP contribution in [0.2, 0.25) is 0 Å². The second kappa shape index (κ2) is 9.68. The summed E-state index contributed by atoms with van der Waals surface area (Å²) in [4.78, 5) is 8.05. The minimum absolute atomic E-state index is 0.196. The Hall–Kier alpha value is -1.73. The lowest BCUT2D eigenvalue weighted by Gasteiger charge is -2.21. The summed E-state index contributed by atoms with van der Waals surface area (Å²) < 4.78 is 6.28. The number of benzene rings is 1. The van der Waals surface area contributed by atoms with Crippen LogP contribution in [-0.2, 0) is 13.0 Å². The van der Waals surface area contributed by atoms with Crippen LogP contribution >= 0.6 is 27.3 Å². The Kier molecular flexibility index (Phi) is 7.58. The highest BCUT2D eigenvalue weighted by Gasteiger charge is 2.10. The Morgan fingerprint density at radius 1 is 1.36 bits per heavy atom. The summed E-state index contributed by atoms with van der Waals surface area (Å²) in [5.41, 5.74) is 0.837. The van der Waals surface area contributed by atoms with Gasteiger partial charge in [-0.2, -0.15) is 0 Å². The minimum Gasteiger partial charge on any atom is -0.504 e. The first-order chi connectivity index (χ1) is 12.0. The molecular formula is C18H24BrN3O2S. The van der Waals surface area contributed by atoms with E-state index < -0.39 is 0 Å². The van der Waals surface area contributed by atoms with Gasteiger partial charge < -0.3 is 20.1 Å². The third kappa shape index (κ3) is 5.64. The van der Waals surface area contributed by atoms with E-state index >= 15 is 0 Å². The zero-order valence-electron chi connectivity index (χ0n) is 14.8. The minimum atomic E-state index is 0.196. The number of ether oxygens (including phenoxy) is 1. The summed E-state index contributed by atoms with van der Waals surface area (Å²) in [6.45, 7) is 4.24. The van der Waals surface area contributed by atoms with Crippen molar-refractivity contribution in [3.63, 3.8) is 0 Å². The number of phenols is 1. The molecule has 0 unspecified atom stereocenters. The molecule has 0 aliphatic heterocycles. The van der Waals surface area contributed by atoms with Gasteiger partial charge >= 0.3 is 0 Å². The number of thiophene rings is 1. The molecule has 136 valence electrons. The molecule has 0 saturated heterocycles. The number of para-hydroxylation sites is 1. The predicted octanol–water partition coefficient (Wildman–Crippen LogP) is 3.86. The quantitative estimate of drug-likeness (QED) is 0.522. The average Bonchev–Trinajstić information content (AvgIpc) is 3.00. The van der Waals surface area contributed by atoms with Crippen LogP contribution in [0.1, 0.15) is 17.4 Å². The van der Waals surface area contributed by atoms with Gasteiger partial charge in [-0.1, -0.05) is 12.1 Å². The fraction of sp³-hybridized carbons (Fsp3) is 0.389. The van der Waals surface area contributed by atoms with Crippen molar-refractivity contribution in [3.8, 4) is 11.5 Å². The molecular weight excluding hydrogens is 402 g/mol. The maximum Gasteiger partial charge on any atom is 0.193 e. The van der Waals surface area contributed by atoms with E-state index in [9.17, 15) is 5.11 Å². The van der Waals surface area contributed by atoms with E-state index in [0.717, 1.165) is 28.4 Å². The number of hydrogen-bond acceptors (Lipinski definition) is 4. The zero-order chi connectivity index (χ0) is 18.2. The van der Waals surface area contributed by atoms with E-state index in [4.69, 9.17) is 4.74 Å². The second-order valence-corrected chi connectivity index (χ2v) is 8.06. The Balaban J connectivity index is 2.01. The first-order valence-electron chi connectivity index (χ1n) is 8.13. The normalized spacial score (nSPS) is 11.4. The second-order valence-electron chi connectivity index (χ2n) is 5.52. The van der Waals surface area contributed by atoms with Crippen LogP contribution in [-0.4, -0.2) is 43.2 Å². The molecule has 2 rings (SSSR count). The molecule has 1 aromatic heterocycles. The number of phenolic OH excluding ortho intramolecular Hbond substituents is 1. The lowest BCUT2D eigenvalue weighted by atomic mass is 10.1. The van der Waals surface area contributed by atoms with Crippen molar-refractivity contribution in [2.75, 3.05) is 27.2 Å². The van der Waals surface area contributed by atoms with E-state index in [1.54, 1.807) is 24.5 Å². The van der Waals surface area contributed by atoms with E-state index in [0.29, 0.717) is 18.7 Å². The largest absolute Gasteiger partial charge is 0.504 e. The SMILES string of the molecule is CCNC(=NCCc1cccc(OC)c1O)N(C)Cc1ccc(Br)s1.